The lowest BCUT2D eigenvalue weighted by Crippen LogP contribution is -2.09. The van der Waals surface area contributed by atoms with Crippen LogP contribution in [0.2, 0.25) is 0 Å². The van der Waals surface area contributed by atoms with Crippen LogP contribution in [0.4, 0.5) is 0 Å². The van der Waals surface area contributed by atoms with Gasteiger partial charge in [-0.05, 0) is 12.1 Å². The molecule has 0 unspecified atom stereocenters. The Kier molecular flexibility index (Phi) is 4.11. The van der Waals surface area contributed by atoms with Gasteiger partial charge in [0.05, 0.1) is 0 Å². The van der Waals surface area contributed by atoms with Crippen LogP contribution in [0.15, 0.2) is 24.3 Å². The maximum absolute atomic E-state index is 5.50. The van der Waals surface area contributed by atoms with Gasteiger partial charge in [0.15, 0.2) is 0 Å². The molecule has 1 rings (SSSR count). The molecule has 0 radical (unpaired) electrons. The summed E-state index contributed by atoms with van der Waals surface area (Å²) in [5.41, 5.74) is 12.6. The molecule has 0 bridgehead atoms. The maximum atomic E-state index is 5.50. The topological polar surface area (TPSA) is 52.0 Å². The summed E-state index contributed by atoms with van der Waals surface area (Å²) in [7, 11) is 0. The van der Waals surface area contributed by atoms with E-state index in [1.165, 1.54) is 0 Å². The Morgan fingerprint density at radius 1 is 1.43 bits per heavy atom. The number of hydrogen-bond donors (Lipinski definition) is 2. The van der Waals surface area contributed by atoms with E-state index in [4.69, 9.17) is 23.7 Å². The first-order valence-electron chi connectivity index (χ1n) is 4.33. The van der Waals surface area contributed by atoms with E-state index in [0.717, 1.165) is 11.1 Å². The molecule has 0 saturated heterocycles. The van der Waals surface area contributed by atoms with Gasteiger partial charge in [-0.15, -0.1) is 0 Å². The summed E-state index contributed by atoms with van der Waals surface area (Å²) in [6, 6.07) is 7.56. The first-order valence-corrected chi connectivity index (χ1v) is 4.73. The zero-order chi connectivity index (χ0) is 10.4. The van der Waals surface area contributed by atoms with Gasteiger partial charge < -0.3 is 11.5 Å². The van der Waals surface area contributed by atoms with E-state index in [9.17, 15) is 0 Å². The summed E-state index contributed by atoms with van der Waals surface area (Å²) in [5.74, 6) is 5.95. The van der Waals surface area contributed by atoms with E-state index in [2.05, 4.69) is 11.8 Å². The van der Waals surface area contributed by atoms with Crippen molar-refractivity contribution in [2.24, 2.45) is 11.5 Å². The third-order valence-corrected chi connectivity index (χ3v) is 1.88. The second kappa shape index (κ2) is 5.38. The minimum absolute atomic E-state index is 0.396. The van der Waals surface area contributed by atoms with Crippen LogP contribution in [0.25, 0.3) is 0 Å². The number of nitrogens with two attached hydrogens (primary N) is 2. The molecule has 1 aromatic carbocycles. The standard InChI is InChI=1S/C11H12N2S/c12-7-2-1-4-9-5-3-6-10(8-9)11(13)14/h3,5-6,8H,2,7,12H2,(H2,13,14). The molecule has 72 valence electrons. The highest BCUT2D eigenvalue weighted by molar-refractivity contribution is 7.80. The Bertz CT molecular complexity index is 388. The minimum atomic E-state index is 0.396. The highest BCUT2D eigenvalue weighted by Gasteiger charge is 1.95. The van der Waals surface area contributed by atoms with Crippen LogP contribution in [0.1, 0.15) is 17.5 Å². The average Bonchev–Trinajstić information content (AvgIpc) is 2.19. The van der Waals surface area contributed by atoms with Gasteiger partial charge in [-0.1, -0.05) is 36.2 Å². The second-order valence-corrected chi connectivity index (χ2v) is 3.23. The third-order valence-electron chi connectivity index (χ3n) is 1.65. The van der Waals surface area contributed by atoms with Crippen molar-refractivity contribution >= 4 is 17.2 Å². The van der Waals surface area contributed by atoms with Crippen molar-refractivity contribution in [3.8, 4) is 11.8 Å². The molecule has 14 heavy (non-hydrogen) atoms. The lowest BCUT2D eigenvalue weighted by atomic mass is 10.1. The summed E-state index contributed by atoms with van der Waals surface area (Å²) in [4.78, 5) is 0.396. The van der Waals surface area contributed by atoms with Crippen LogP contribution in [0, 0.1) is 11.8 Å². The van der Waals surface area contributed by atoms with Crippen molar-refractivity contribution in [3.05, 3.63) is 35.4 Å². The molecule has 0 aromatic heterocycles. The van der Waals surface area contributed by atoms with Crippen LogP contribution in [0.3, 0.4) is 0 Å². The smallest absolute Gasteiger partial charge is 0.104 e. The van der Waals surface area contributed by atoms with Gasteiger partial charge in [0.2, 0.25) is 0 Å². The number of thiocarbonyl (C=S) groups is 1. The van der Waals surface area contributed by atoms with E-state index in [1.54, 1.807) is 0 Å². The fourth-order valence-corrected chi connectivity index (χ4v) is 1.11. The summed E-state index contributed by atoms with van der Waals surface area (Å²) in [6.45, 7) is 0.585. The quantitative estimate of drug-likeness (QED) is 0.558. The van der Waals surface area contributed by atoms with Crippen LogP contribution < -0.4 is 11.5 Å². The molecule has 0 saturated carbocycles. The van der Waals surface area contributed by atoms with E-state index in [1.807, 2.05) is 24.3 Å². The first kappa shape index (κ1) is 10.7. The number of rotatable bonds is 2. The number of hydrogen-bond acceptors (Lipinski definition) is 2. The van der Waals surface area contributed by atoms with Crippen LogP contribution in [0.5, 0.6) is 0 Å². The summed E-state index contributed by atoms with van der Waals surface area (Å²) in [6.07, 6.45) is 0.706. The molecule has 0 amide bonds. The van der Waals surface area contributed by atoms with E-state index < -0.39 is 0 Å². The lowest BCUT2D eigenvalue weighted by molar-refractivity contribution is 1.03. The van der Waals surface area contributed by atoms with Crippen LogP contribution >= 0.6 is 12.2 Å². The Labute approximate surface area is 89.3 Å². The predicted octanol–water partition coefficient (Wildman–Crippen LogP) is 1.02. The normalized spacial score (nSPS) is 8.93. The summed E-state index contributed by atoms with van der Waals surface area (Å²) in [5, 5.41) is 0. The average molecular weight is 204 g/mol. The third kappa shape index (κ3) is 3.17. The number of benzene rings is 1. The maximum Gasteiger partial charge on any atom is 0.104 e. The van der Waals surface area contributed by atoms with E-state index >= 15 is 0 Å². The molecule has 1 aromatic rings. The van der Waals surface area contributed by atoms with Gasteiger partial charge in [0.25, 0.3) is 0 Å². The molecule has 3 heteroatoms. The van der Waals surface area contributed by atoms with Gasteiger partial charge in [-0.25, -0.2) is 0 Å². The van der Waals surface area contributed by atoms with Crippen molar-refractivity contribution < 1.29 is 0 Å². The molecule has 4 N–H and O–H groups in total. The molecule has 0 aliphatic carbocycles. The molecule has 0 spiro atoms. The summed E-state index contributed by atoms with van der Waals surface area (Å²) >= 11 is 4.87. The Hall–Kier alpha value is -1.37. The molecule has 0 heterocycles. The van der Waals surface area contributed by atoms with Gasteiger partial charge in [-0.2, -0.15) is 0 Å². The van der Waals surface area contributed by atoms with Crippen molar-refractivity contribution in [2.45, 2.75) is 6.42 Å². The van der Waals surface area contributed by atoms with Gasteiger partial charge in [-0.3, -0.25) is 0 Å². The Morgan fingerprint density at radius 3 is 2.86 bits per heavy atom. The van der Waals surface area contributed by atoms with Crippen LogP contribution in [-0.4, -0.2) is 11.5 Å². The zero-order valence-corrected chi connectivity index (χ0v) is 8.60. The second-order valence-electron chi connectivity index (χ2n) is 2.79. The Morgan fingerprint density at radius 2 is 2.21 bits per heavy atom. The largest absolute Gasteiger partial charge is 0.389 e. The van der Waals surface area contributed by atoms with Gasteiger partial charge in [0, 0.05) is 24.1 Å². The molecule has 2 nitrogen and oxygen atoms in total. The fraction of sp³-hybridized carbons (Fsp3) is 0.182. The fourth-order valence-electron chi connectivity index (χ4n) is 0.987. The molecular weight excluding hydrogens is 192 g/mol. The Balaban J connectivity index is 2.85. The molecule has 0 aliphatic heterocycles. The zero-order valence-electron chi connectivity index (χ0n) is 7.79. The highest BCUT2D eigenvalue weighted by Crippen LogP contribution is 2.03. The van der Waals surface area contributed by atoms with Crippen molar-refractivity contribution in [1.29, 1.82) is 0 Å². The summed E-state index contributed by atoms with van der Waals surface area (Å²) < 4.78 is 0. The lowest BCUT2D eigenvalue weighted by Gasteiger charge is -1.97. The van der Waals surface area contributed by atoms with Crippen molar-refractivity contribution in [1.82, 2.24) is 0 Å². The first-order chi connectivity index (χ1) is 6.74. The van der Waals surface area contributed by atoms with Gasteiger partial charge in [0.1, 0.15) is 4.99 Å². The molecule has 0 aliphatic rings. The van der Waals surface area contributed by atoms with E-state index in [-0.39, 0.29) is 0 Å². The van der Waals surface area contributed by atoms with Gasteiger partial charge >= 0.3 is 0 Å². The molecular formula is C11H12N2S. The van der Waals surface area contributed by atoms with Crippen LogP contribution in [-0.2, 0) is 0 Å². The monoisotopic (exact) mass is 204 g/mol. The van der Waals surface area contributed by atoms with Crippen molar-refractivity contribution in [3.63, 3.8) is 0 Å². The molecule has 0 atom stereocenters. The minimum Gasteiger partial charge on any atom is -0.389 e. The molecule has 0 fully saturated rings. The SMILES string of the molecule is NCCC#Cc1cccc(C(N)=S)c1. The predicted molar refractivity (Wildman–Crippen MR) is 62.9 cm³/mol. The van der Waals surface area contributed by atoms with E-state index in [0.29, 0.717) is 18.0 Å². The van der Waals surface area contributed by atoms with Crippen molar-refractivity contribution in [2.75, 3.05) is 6.54 Å². The highest BCUT2D eigenvalue weighted by atomic mass is 32.1.